The lowest BCUT2D eigenvalue weighted by Crippen LogP contribution is -2.47. The van der Waals surface area contributed by atoms with Crippen molar-refractivity contribution in [2.45, 2.75) is 57.6 Å². The van der Waals surface area contributed by atoms with Crippen molar-refractivity contribution in [1.82, 2.24) is 15.5 Å². The van der Waals surface area contributed by atoms with Gasteiger partial charge in [0, 0.05) is 33.3 Å². The number of aliphatic imine (C=N–C) groups is 1. The second-order valence-electron chi connectivity index (χ2n) is 7.08. The van der Waals surface area contributed by atoms with E-state index in [1.165, 1.54) is 25.7 Å². The summed E-state index contributed by atoms with van der Waals surface area (Å²) in [5.74, 6) is 1.51. The molecule has 0 aromatic carbocycles. The van der Waals surface area contributed by atoms with E-state index in [1.807, 2.05) is 0 Å². The first-order valence-corrected chi connectivity index (χ1v) is 8.91. The fourth-order valence-corrected chi connectivity index (χ4v) is 3.22. The summed E-state index contributed by atoms with van der Waals surface area (Å²) in [6, 6.07) is 0.448. The molecule has 3 unspecified atom stereocenters. The predicted octanol–water partition coefficient (Wildman–Crippen LogP) is 1.99. The number of hydrogen-bond acceptors (Lipinski definition) is 3. The third-order valence-corrected chi connectivity index (χ3v) is 4.67. The molecule has 2 fully saturated rings. The molecule has 0 bridgehead atoms. The van der Waals surface area contributed by atoms with Crippen LogP contribution in [0.4, 0.5) is 0 Å². The molecule has 6 nitrogen and oxygen atoms in total. The molecule has 1 heterocycles. The van der Waals surface area contributed by atoms with Gasteiger partial charge in [-0.25, -0.2) is 4.99 Å². The van der Waals surface area contributed by atoms with Gasteiger partial charge in [-0.2, -0.15) is 0 Å². The van der Waals surface area contributed by atoms with Crippen LogP contribution in [0, 0.1) is 5.92 Å². The van der Waals surface area contributed by atoms with Crippen LogP contribution in [0.1, 0.15) is 45.4 Å². The van der Waals surface area contributed by atoms with Gasteiger partial charge >= 0.3 is 0 Å². The van der Waals surface area contributed by atoms with Crippen LogP contribution in [0.25, 0.3) is 0 Å². The molecule has 2 N–H and O–H groups in total. The largest absolute Gasteiger partial charge is 0.376 e. The Balaban J connectivity index is 0.00000288. The Bertz CT molecular complexity index is 411. The van der Waals surface area contributed by atoms with Gasteiger partial charge in [0.1, 0.15) is 6.54 Å². The number of hydrogen-bond donors (Lipinski definition) is 2. The minimum Gasteiger partial charge on any atom is -0.376 e. The smallest absolute Gasteiger partial charge is 0.243 e. The molecular weight excluding hydrogens is 419 g/mol. The molecule has 0 aromatic heterocycles. The summed E-state index contributed by atoms with van der Waals surface area (Å²) in [4.78, 5) is 17.8. The molecule has 1 saturated heterocycles. The minimum absolute atomic E-state index is 0. The number of likely N-dealkylation sites (N-methyl/N-ethyl adjacent to an activating group) is 1. The number of guanidine groups is 1. The van der Waals surface area contributed by atoms with Gasteiger partial charge in [0.2, 0.25) is 5.91 Å². The summed E-state index contributed by atoms with van der Waals surface area (Å²) in [5.41, 5.74) is 0. The summed E-state index contributed by atoms with van der Waals surface area (Å²) in [6.07, 6.45) is 7.40. The monoisotopic (exact) mass is 452 g/mol. The standard InChI is InChI=1S/C17H32N4O2.HI/c1-13-6-4-7-14(10-13)20-17(19-12-16(22)21(2)3)18-11-15-8-5-9-23-15;/h13-15H,4-12H2,1-3H3,(H2,18,19,20);1H. The van der Waals surface area contributed by atoms with Crippen LogP contribution in [0.15, 0.2) is 4.99 Å². The normalized spacial score (nSPS) is 27.3. The molecule has 3 atom stereocenters. The summed E-state index contributed by atoms with van der Waals surface area (Å²) in [7, 11) is 3.52. The van der Waals surface area contributed by atoms with E-state index in [1.54, 1.807) is 19.0 Å². The Morgan fingerprint density at radius 3 is 2.67 bits per heavy atom. The van der Waals surface area contributed by atoms with Crippen LogP contribution in [0.2, 0.25) is 0 Å². The van der Waals surface area contributed by atoms with Gasteiger partial charge in [0.05, 0.1) is 6.10 Å². The minimum atomic E-state index is 0. The number of carbonyl (C=O) groups excluding carboxylic acids is 1. The lowest BCUT2D eigenvalue weighted by atomic mass is 9.87. The summed E-state index contributed by atoms with van der Waals surface area (Å²) in [5, 5.41) is 6.88. The average molecular weight is 452 g/mol. The second kappa shape index (κ2) is 11.1. The quantitative estimate of drug-likeness (QED) is 0.381. The Labute approximate surface area is 163 Å². The number of nitrogens with zero attached hydrogens (tertiary/aromatic N) is 2. The first-order chi connectivity index (χ1) is 11.0. The van der Waals surface area contributed by atoms with E-state index < -0.39 is 0 Å². The SMILES string of the molecule is CC1CCCC(NC(=NCC(=O)N(C)C)NCC2CCCO2)C1.I. The van der Waals surface area contributed by atoms with E-state index in [2.05, 4.69) is 22.5 Å². The van der Waals surface area contributed by atoms with Gasteiger partial charge in [-0.1, -0.05) is 19.8 Å². The molecule has 24 heavy (non-hydrogen) atoms. The molecule has 0 spiro atoms. The number of amides is 1. The fraction of sp³-hybridized carbons (Fsp3) is 0.882. The van der Waals surface area contributed by atoms with Crippen LogP contribution in [-0.4, -0.2) is 62.7 Å². The van der Waals surface area contributed by atoms with Gasteiger partial charge in [-0.3, -0.25) is 4.79 Å². The van der Waals surface area contributed by atoms with Crippen molar-refractivity contribution in [2.24, 2.45) is 10.9 Å². The summed E-state index contributed by atoms with van der Waals surface area (Å²) < 4.78 is 5.65. The van der Waals surface area contributed by atoms with E-state index >= 15 is 0 Å². The zero-order chi connectivity index (χ0) is 16.7. The third kappa shape index (κ3) is 7.55. The van der Waals surface area contributed by atoms with Crippen molar-refractivity contribution in [3.8, 4) is 0 Å². The highest BCUT2D eigenvalue weighted by Gasteiger charge is 2.21. The lowest BCUT2D eigenvalue weighted by Gasteiger charge is -2.29. The fourth-order valence-electron chi connectivity index (χ4n) is 3.22. The molecule has 0 aromatic rings. The zero-order valence-electron chi connectivity index (χ0n) is 15.2. The van der Waals surface area contributed by atoms with E-state index in [4.69, 9.17) is 4.74 Å². The Kier molecular flexibility index (Phi) is 9.95. The molecule has 1 saturated carbocycles. The van der Waals surface area contributed by atoms with E-state index in [0.717, 1.165) is 37.9 Å². The summed E-state index contributed by atoms with van der Waals surface area (Å²) in [6.45, 7) is 4.09. The van der Waals surface area contributed by atoms with Crippen molar-refractivity contribution < 1.29 is 9.53 Å². The highest BCUT2D eigenvalue weighted by Crippen LogP contribution is 2.23. The van der Waals surface area contributed by atoms with Crippen molar-refractivity contribution in [3.63, 3.8) is 0 Å². The van der Waals surface area contributed by atoms with E-state index in [9.17, 15) is 4.79 Å². The molecule has 7 heteroatoms. The number of nitrogens with one attached hydrogen (secondary N) is 2. The maximum atomic E-state index is 11.8. The van der Waals surface area contributed by atoms with Gasteiger partial charge in [0.15, 0.2) is 5.96 Å². The van der Waals surface area contributed by atoms with Gasteiger partial charge < -0.3 is 20.3 Å². The number of ether oxygens (including phenoxy) is 1. The average Bonchev–Trinajstić information content (AvgIpc) is 3.03. The van der Waals surface area contributed by atoms with Gasteiger partial charge in [0.25, 0.3) is 0 Å². The van der Waals surface area contributed by atoms with Gasteiger partial charge in [-0.05, 0) is 31.6 Å². The first kappa shape index (κ1) is 21.5. The molecule has 2 aliphatic rings. The molecule has 0 radical (unpaired) electrons. The van der Waals surface area contributed by atoms with Crippen molar-refractivity contribution >= 4 is 35.8 Å². The number of halogens is 1. The van der Waals surface area contributed by atoms with Crippen molar-refractivity contribution in [1.29, 1.82) is 0 Å². The van der Waals surface area contributed by atoms with E-state index in [-0.39, 0.29) is 42.5 Å². The molecule has 2 rings (SSSR count). The van der Waals surface area contributed by atoms with Crippen LogP contribution in [0.3, 0.4) is 0 Å². The summed E-state index contributed by atoms with van der Waals surface area (Å²) >= 11 is 0. The van der Waals surface area contributed by atoms with Crippen LogP contribution in [0.5, 0.6) is 0 Å². The van der Waals surface area contributed by atoms with Crippen LogP contribution >= 0.6 is 24.0 Å². The van der Waals surface area contributed by atoms with Gasteiger partial charge in [-0.15, -0.1) is 24.0 Å². The van der Waals surface area contributed by atoms with E-state index in [0.29, 0.717) is 6.04 Å². The molecule has 1 aliphatic carbocycles. The Morgan fingerprint density at radius 1 is 1.25 bits per heavy atom. The highest BCUT2D eigenvalue weighted by atomic mass is 127. The lowest BCUT2D eigenvalue weighted by molar-refractivity contribution is -0.127. The third-order valence-electron chi connectivity index (χ3n) is 4.67. The molecular formula is C17H33IN4O2. The number of rotatable bonds is 5. The predicted molar refractivity (Wildman–Crippen MR) is 108 cm³/mol. The molecule has 1 amide bonds. The zero-order valence-corrected chi connectivity index (χ0v) is 17.5. The number of carbonyl (C=O) groups is 1. The highest BCUT2D eigenvalue weighted by molar-refractivity contribution is 14.0. The first-order valence-electron chi connectivity index (χ1n) is 8.91. The molecule has 140 valence electrons. The Morgan fingerprint density at radius 2 is 2.04 bits per heavy atom. The Hall–Kier alpha value is -0.570. The van der Waals surface area contributed by atoms with Crippen LogP contribution < -0.4 is 10.6 Å². The second-order valence-corrected chi connectivity index (χ2v) is 7.08. The van der Waals surface area contributed by atoms with Crippen molar-refractivity contribution in [2.75, 3.05) is 33.8 Å². The van der Waals surface area contributed by atoms with Crippen molar-refractivity contribution in [3.05, 3.63) is 0 Å². The maximum absolute atomic E-state index is 11.8. The van der Waals surface area contributed by atoms with Crippen LogP contribution in [-0.2, 0) is 9.53 Å². The maximum Gasteiger partial charge on any atom is 0.243 e. The molecule has 1 aliphatic heterocycles. The topological polar surface area (TPSA) is 66.0 Å².